The summed E-state index contributed by atoms with van der Waals surface area (Å²) in [5, 5.41) is 2.87. The van der Waals surface area contributed by atoms with Gasteiger partial charge in [-0.1, -0.05) is 12.1 Å². The molecule has 0 fully saturated rings. The van der Waals surface area contributed by atoms with E-state index >= 15 is 0 Å². The Morgan fingerprint density at radius 1 is 1.33 bits per heavy atom. The van der Waals surface area contributed by atoms with Gasteiger partial charge in [-0.2, -0.15) is 0 Å². The molecule has 1 aromatic rings. The van der Waals surface area contributed by atoms with Gasteiger partial charge in [0.25, 0.3) is 0 Å². The first-order valence-electron chi connectivity index (χ1n) is 7.22. The van der Waals surface area contributed by atoms with Crippen LogP contribution in [0.4, 0.5) is 5.69 Å². The number of benzene rings is 1. The van der Waals surface area contributed by atoms with Crippen molar-refractivity contribution in [3.8, 4) is 0 Å². The van der Waals surface area contributed by atoms with Crippen molar-refractivity contribution in [2.24, 2.45) is 0 Å². The summed E-state index contributed by atoms with van der Waals surface area (Å²) in [5.74, 6) is -0.241. The van der Waals surface area contributed by atoms with Gasteiger partial charge in [0.15, 0.2) is 0 Å². The van der Waals surface area contributed by atoms with Gasteiger partial charge in [0.1, 0.15) is 0 Å². The molecule has 5 nitrogen and oxygen atoms in total. The fourth-order valence-electron chi connectivity index (χ4n) is 1.96. The van der Waals surface area contributed by atoms with E-state index in [9.17, 15) is 9.59 Å². The standard InChI is InChI=1S/C16H24N2O3/c1-4-21-16(20)12-18(3)10-6-9-15(19)17-14-8-5-7-13(2)11-14/h5,7-8,11H,4,6,9-10,12H2,1-3H3,(H,17,19). The second-order valence-electron chi connectivity index (χ2n) is 5.06. The van der Waals surface area contributed by atoms with E-state index in [2.05, 4.69) is 5.32 Å². The summed E-state index contributed by atoms with van der Waals surface area (Å²) in [6.07, 6.45) is 1.13. The van der Waals surface area contributed by atoms with Crippen LogP contribution < -0.4 is 5.32 Å². The zero-order valence-corrected chi connectivity index (χ0v) is 13.0. The van der Waals surface area contributed by atoms with E-state index in [-0.39, 0.29) is 18.4 Å². The molecule has 0 aromatic heterocycles. The monoisotopic (exact) mass is 292 g/mol. The van der Waals surface area contributed by atoms with E-state index in [1.165, 1.54) is 0 Å². The Kier molecular flexibility index (Phi) is 7.46. The highest BCUT2D eigenvalue weighted by Gasteiger charge is 2.08. The number of anilines is 1. The Morgan fingerprint density at radius 3 is 2.76 bits per heavy atom. The van der Waals surface area contributed by atoms with Crippen molar-refractivity contribution < 1.29 is 14.3 Å². The van der Waals surface area contributed by atoms with Crippen LogP contribution in [0.3, 0.4) is 0 Å². The van der Waals surface area contributed by atoms with Gasteiger partial charge in [0.2, 0.25) is 5.91 Å². The molecule has 1 aromatic carbocycles. The number of hydrogen-bond donors (Lipinski definition) is 1. The number of aryl methyl sites for hydroxylation is 1. The van der Waals surface area contributed by atoms with E-state index in [4.69, 9.17) is 4.74 Å². The molecule has 0 spiro atoms. The number of nitrogens with one attached hydrogen (secondary N) is 1. The van der Waals surface area contributed by atoms with Crippen LogP contribution in [-0.4, -0.2) is 43.5 Å². The first-order chi connectivity index (χ1) is 10.0. The Labute approximate surface area is 126 Å². The number of rotatable bonds is 8. The molecule has 0 bridgehead atoms. The van der Waals surface area contributed by atoms with Crippen molar-refractivity contribution in [2.45, 2.75) is 26.7 Å². The lowest BCUT2D eigenvalue weighted by Crippen LogP contribution is -2.28. The molecule has 116 valence electrons. The summed E-state index contributed by atoms with van der Waals surface area (Å²) in [6, 6.07) is 7.71. The van der Waals surface area contributed by atoms with Crippen molar-refractivity contribution >= 4 is 17.6 Å². The van der Waals surface area contributed by atoms with Crippen LogP contribution in [0.25, 0.3) is 0 Å². The minimum atomic E-state index is -0.232. The zero-order chi connectivity index (χ0) is 15.7. The molecule has 1 amide bonds. The number of carbonyl (C=O) groups is 2. The maximum absolute atomic E-state index is 11.8. The van der Waals surface area contributed by atoms with Gasteiger partial charge in [-0.3, -0.25) is 14.5 Å². The Bertz CT molecular complexity index is 474. The third-order valence-corrected chi connectivity index (χ3v) is 2.95. The van der Waals surface area contributed by atoms with Gasteiger partial charge in [-0.25, -0.2) is 0 Å². The minimum Gasteiger partial charge on any atom is -0.465 e. The lowest BCUT2D eigenvalue weighted by atomic mass is 10.2. The van der Waals surface area contributed by atoms with E-state index in [1.54, 1.807) is 6.92 Å². The predicted octanol–water partition coefficient (Wildman–Crippen LogP) is 2.21. The second kappa shape index (κ2) is 9.13. The summed E-state index contributed by atoms with van der Waals surface area (Å²) in [4.78, 5) is 24.9. The van der Waals surface area contributed by atoms with Gasteiger partial charge in [-0.05, 0) is 51.6 Å². The molecular formula is C16H24N2O3. The Hall–Kier alpha value is -1.88. The van der Waals surface area contributed by atoms with Crippen LogP contribution in [0.15, 0.2) is 24.3 Å². The topological polar surface area (TPSA) is 58.6 Å². The van der Waals surface area contributed by atoms with E-state index < -0.39 is 0 Å². The Morgan fingerprint density at radius 2 is 2.10 bits per heavy atom. The highest BCUT2D eigenvalue weighted by Crippen LogP contribution is 2.10. The summed E-state index contributed by atoms with van der Waals surface area (Å²) < 4.78 is 4.87. The number of ether oxygens (including phenoxy) is 1. The molecule has 0 saturated carbocycles. The van der Waals surface area contributed by atoms with Gasteiger partial charge in [-0.15, -0.1) is 0 Å². The van der Waals surface area contributed by atoms with Crippen LogP contribution in [0.1, 0.15) is 25.3 Å². The average molecular weight is 292 g/mol. The van der Waals surface area contributed by atoms with E-state index in [0.29, 0.717) is 26.0 Å². The Balaban J connectivity index is 2.23. The number of nitrogens with zero attached hydrogens (tertiary/aromatic N) is 1. The smallest absolute Gasteiger partial charge is 0.320 e. The maximum atomic E-state index is 11.8. The summed E-state index contributed by atoms with van der Waals surface area (Å²) in [5.41, 5.74) is 1.93. The largest absolute Gasteiger partial charge is 0.465 e. The molecule has 0 saturated heterocycles. The van der Waals surface area contributed by atoms with E-state index in [1.807, 2.05) is 43.1 Å². The first-order valence-corrected chi connectivity index (χ1v) is 7.22. The van der Waals surface area contributed by atoms with Crippen LogP contribution in [0.5, 0.6) is 0 Å². The van der Waals surface area contributed by atoms with Crippen LogP contribution in [0.2, 0.25) is 0 Å². The molecule has 5 heteroatoms. The van der Waals surface area contributed by atoms with Gasteiger partial charge in [0.05, 0.1) is 13.2 Å². The molecule has 0 radical (unpaired) electrons. The molecule has 0 aliphatic heterocycles. The number of esters is 1. The molecule has 1 N–H and O–H groups in total. The van der Waals surface area contributed by atoms with Crippen LogP contribution in [0, 0.1) is 6.92 Å². The SMILES string of the molecule is CCOC(=O)CN(C)CCCC(=O)Nc1cccc(C)c1. The zero-order valence-electron chi connectivity index (χ0n) is 13.0. The normalized spacial score (nSPS) is 10.5. The summed E-state index contributed by atoms with van der Waals surface area (Å²) >= 11 is 0. The number of likely N-dealkylation sites (N-methyl/N-ethyl adjacent to an activating group) is 1. The predicted molar refractivity (Wildman–Crippen MR) is 83.2 cm³/mol. The highest BCUT2D eigenvalue weighted by molar-refractivity contribution is 5.90. The molecular weight excluding hydrogens is 268 g/mol. The van der Waals surface area contributed by atoms with Crippen LogP contribution >= 0.6 is 0 Å². The fourth-order valence-corrected chi connectivity index (χ4v) is 1.96. The molecule has 0 unspecified atom stereocenters. The van der Waals surface area contributed by atoms with Crippen molar-refractivity contribution in [1.82, 2.24) is 4.90 Å². The van der Waals surface area contributed by atoms with Gasteiger partial charge in [0, 0.05) is 12.1 Å². The fraction of sp³-hybridized carbons (Fsp3) is 0.500. The van der Waals surface area contributed by atoms with E-state index in [0.717, 1.165) is 11.3 Å². The van der Waals surface area contributed by atoms with Crippen molar-refractivity contribution in [3.05, 3.63) is 29.8 Å². The lowest BCUT2D eigenvalue weighted by molar-refractivity contribution is -0.144. The third kappa shape index (κ3) is 7.46. The van der Waals surface area contributed by atoms with Gasteiger partial charge < -0.3 is 10.1 Å². The molecule has 0 aliphatic carbocycles. The minimum absolute atomic E-state index is 0.00913. The lowest BCUT2D eigenvalue weighted by Gasteiger charge is -2.15. The van der Waals surface area contributed by atoms with Crippen molar-refractivity contribution in [1.29, 1.82) is 0 Å². The average Bonchev–Trinajstić information content (AvgIpc) is 2.38. The van der Waals surface area contributed by atoms with Crippen molar-refractivity contribution in [3.63, 3.8) is 0 Å². The van der Waals surface area contributed by atoms with Crippen molar-refractivity contribution in [2.75, 3.05) is 32.1 Å². The number of amides is 1. The maximum Gasteiger partial charge on any atom is 0.320 e. The number of hydrogen-bond acceptors (Lipinski definition) is 4. The highest BCUT2D eigenvalue weighted by atomic mass is 16.5. The molecule has 1 rings (SSSR count). The second-order valence-corrected chi connectivity index (χ2v) is 5.06. The molecule has 0 atom stereocenters. The van der Waals surface area contributed by atoms with Crippen LogP contribution in [-0.2, 0) is 14.3 Å². The molecule has 0 heterocycles. The summed E-state index contributed by atoms with van der Waals surface area (Å²) in [6.45, 7) is 5.10. The third-order valence-electron chi connectivity index (χ3n) is 2.95. The quantitative estimate of drug-likeness (QED) is 0.746. The summed E-state index contributed by atoms with van der Waals surface area (Å²) in [7, 11) is 1.84. The first kappa shape index (κ1) is 17.2. The number of carbonyl (C=O) groups excluding carboxylic acids is 2. The molecule has 21 heavy (non-hydrogen) atoms. The molecule has 0 aliphatic rings. The van der Waals surface area contributed by atoms with Gasteiger partial charge >= 0.3 is 5.97 Å².